The first-order valence-corrected chi connectivity index (χ1v) is 8.39. The van der Waals surface area contributed by atoms with Crippen LogP contribution in [0.15, 0.2) is 17.2 Å². The molecule has 23 heavy (non-hydrogen) atoms. The Morgan fingerprint density at radius 3 is 2.91 bits per heavy atom. The van der Waals surface area contributed by atoms with Gasteiger partial charge in [-0.05, 0) is 30.2 Å². The molecule has 4 rings (SSSR count). The van der Waals surface area contributed by atoms with E-state index in [2.05, 4.69) is 17.5 Å². The van der Waals surface area contributed by atoms with E-state index < -0.39 is 0 Å². The molecule has 6 heteroatoms. The Morgan fingerprint density at radius 1 is 1.39 bits per heavy atom. The molecule has 1 N–H and O–H groups in total. The molecular weight excluding hydrogens is 316 g/mol. The van der Waals surface area contributed by atoms with Gasteiger partial charge in [-0.2, -0.15) is 5.10 Å². The van der Waals surface area contributed by atoms with Gasteiger partial charge in [0, 0.05) is 17.5 Å². The van der Waals surface area contributed by atoms with Crippen LogP contribution in [0.4, 0.5) is 0 Å². The summed E-state index contributed by atoms with van der Waals surface area (Å²) in [6.07, 6.45) is 6.32. The van der Waals surface area contributed by atoms with E-state index in [9.17, 15) is 4.79 Å². The summed E-state index contributed by atoms with van der Waals surface area (Å²) in [5, 5.41) is 4.59. The van der Waals surface area contributed by atoms with Crippen LogP contribution < -0.4 is 14.9 Å². The zero-order chi connectivity index (χ0) is 16.0. The van der Waals surface area contributed by atoms with Gasteiger partial charge in [0.05, 0.1) is 11.2 Å². The summed E-state index contributed by atoms with van der Waals surface area (Å²) in [7, 11) is 0. The van der Waals surface area contributed by atoms with Gasteiger partial charge in [0.25, 0.3) is 0 Å². The van der Waals surface area contributed by atoms with Crippen LogP contribution in [0.5, 0.6) is 11.5 Å². The number of hydrogen-bond acceptors (Lipinski definition) is 4. The van der Waals surface area contributed by atoms with E-state index in [0.717, 1.165) is 12.8 Å². The standard InChI is InChI=1S/C17H19ClN2O3/c1-17-5-3-2-4-11(17)15(17)16(21)20-19-8-10-6-13-14(7-12(10)18)23-9-22-13/h6-8,11,15H,2-5,9H2,1H3,(H,20,21)/b19-8-/t11-,15-,17-/m0/s1. The molecule has 0 unspecified atom stereocenters. The van der Waals surface area contributed by atoms with Crippen molar-refractivity contribution in [1.29, 1.82) is 0 Å². The maximum Gasteiger partial charge on any atom is 0.244 e. The van der Waals surface area contributed by atoms with Crippen LogP contribution in [0.1, 0.15) is 38.2 Å². The monoisotopic (exact) mass is 334 g/mol. The molecule has 0 radical (unpaired) electrons. The fourth-order valence-electron chi connectivity index (χ4n) is 4.12. The molecule has 1 aliphatic heterocycles. The first-order chi connectivity index (χ1) is 11.1. The van der Waals surface area contributed by atoms with Gasteiger partial charge < -0.3 is 9.47 Å². The molecule has 1 aromatic carbocycles. The number of benzene rings is 1. The number of fused-ring (bicyclic) bond motifs is 2. The van der Waals surface area contributed by atoms with Crippen LogP contribution in [-0.4, -0.2) is 18.9 Å². The normalized spacial score (nSPS) is 31.0. The third kappa shape index (κ3) is 2.47. The minimum Gasteiger partial charge on any atom is -0.454 e. The largest absolute Gasteiger partial charge is 0.454 e. The molecule has 2 fully saturated rings. The number of hydrogen-bond donors (Lipinski definition) is 1. The van der Waals surface area contributed by atoms with Crippen molar-refractivity contribution in [1.82, 2.24) is 5.43 Å². The highest BCUT2D eigenvalue weighted by Gasteiger charge is 2.64. The van der Waals surface area contributed by atoms with Crippen molar-refractivity contribution in [2.24, 2.45) is 22.4 Å². The highest BCUT2D eigenvalue weighted by molar-refractivity contribution is 6.33. The molecule has 3 aliphatic rings. The number of nitrogens with zero attached hydrogens (tertiary/aromatic N) is 1. The molecule has 0 saturated heterocycles. The Labute approximate surface area is 140 Å². The molecular formula is C17H19ClN2O3. The number of carbonyl (C=O) groups excluding carboxylic acids is 1. The fourth-order valence-corrected chi connectivity index (χ4v) is 4.32. The summed E-state index contributed by atoms with van der Waals surface area (Å²) in [4.78, 5) is 12.3. The maximum absolute atomic E-state index is 12.3. The van der Waals surface area contributed by atoms with Crippen molar-refractivity contribution in [2.45, 2.75) is 32.6 Å². The van der Waals surface area contributed by atoms with E-state index in [1.165, 1.54) is 12.8 Å². The molecule has 0 spiro atoms. The van der Waals surface area contributed by atoms with Gasteiger partial charge in [0.15, 0.2) is 11.5 Å². The molecule has 2 saturated carbocycles. The minimum absolute atomic E-state index is 0.0208. The van der Waals surface area contributed by atoms with Crippen molar-refractivity contribution in [3.8, 4) is 11.5 Å². The van der Waals surface area contributed by atoms with Gasteiger partial charge in [0.1, 0.15) is 0 Å². The molecule has 0 aromatic heterocycles. The number of rotatable bonds is 3. The summed E-state index contributed by atoms with van der Waals surface area (Å²) in [6, 6.07) is 3.46. The lowest BCUT2D eigenvalue weighted by Crippen LogP contribution is -2.22. The molecule has 122 valence electrons. The van der Waals surface area contributed by atoms with E-state index in [0.29, 0.717) is 28.0 Å². The number of ether oxygens (including phenoxy) is 2. The van der Waals surface area contributed by atoms with Gasteiger partial charge in [-0.25, -0.2) is 5.43 Å². The number of amides is 1. The molecule has 1 heterocycles. The van der Waals surface area contributed by atoms with Crippen molar-refractivity contribution >= 4 is 23.7 Å². The smallest absolute Gasteiger partial charge is 0.244 e. The van der Waals surface area contributed by atoms with Crippen molar-refractivity contribution in [3.05, 3.63) is 22.7 Å². The van der Waals surface area contributed by atoms with E-state index in [-0.39, 0.29) is 24.0 Å². The second kappa shape index (κ2) is 5.41. The van der Waals surface area contributed by atoms with Crippen LogP contribution in [0, 0.1) is 17.3 Å². The average molecular weight is 335 g/mol. The van der Waals surface area contributed by atoms with Crippen LogP contribution in [-0.2, 0) is 4.79 Å². The summed E-state index contributed by atoms with van der Waals surface area (Å²) < 4.78 is 10.6. The number of nitrogens with one attached hydrogen (secondary N) is 1. The summed E-state index contributed by atoms with van der Waals surface area (Å²) in [6.45, 7) is 2.42. The molecule has 5 nitrogen and oxygen atoms in total. The summed E-state index contributed by atoms with van der Waals surface area (Å²) >= 11 is 6.18. The average Bonchev–Trinajstić information content (AvgIpc) is 2.91. The predicted molar refractivity (Wildman–Crippen MR) is 86.9 cm³/mol. The highest BCUT2D eigenvalue weighted by Crippen LogP contribution is 2.66. The third-order valence-electron chi connectivity index (χ3n) is 5.48. The van der Waals surface area contributed by atoms with Crippen LogP contribution in [0.2, 0.25) is 5.02 Å². The Hall–Kier alpha value is -1.75. The van der Waals surface area contributed by atoms with Gasteiger partial charge in [0.2, 0.25) is 12.7 Å². The van der Waals surface area contributed by atoms with Gasteiger partial charge in [-0.15, -0.1) is 0 Å². The second-order valence-electron chi connectivity index (χ2n) is 6.80. The summed E-state index contributed by atoms with van der Waals surface area (Å²) in [5.41, 5.74) is 3.55. The Morgan fingerprint density at radius 2 is 2.17 bits per heavy atom. The van der Waals surface area contributed by atoms with E-state index in [1.807, 2.05) is 0 Å². The number of hydrazone groups is 1. The zero-order valence-corrected chi connectivity index (χ0v) is 13.7. The Bertz CT molecular complexity index is 691. The first kappa shape index (κ1) is 14.8. The maximum atomic E-state index is 12.3. The number of carbonyl (C=O) groups is 1. The lowest BCUT2D eigenvalue weighted by atomic mass is 9.90. The van der Waals surface area contributed by atoms with Gasteiger partial charge in [-0.1, -0.05) is 31.4 Å². The predicted octanol–water partition coefficient (Wildman–Crippen LogP) is 3.35. The lowest BCUT2D eigenvalue weighted by Gasteiger charge is -2.15. The second-order valence-corrected chi connectivity index (χ2v) is 7.20. The van der Waals surface area contributed by atoms with E-state index in [1.54, 1.807) is 18.3 Å². The fraction of sp³-hybridized carbons (Fsp3) is 0.529. The lowest BCUT2D eigenvalue weighted by molar-refractivity contribution is -0.123. The first-order valence-electron chi connectivity index (χ1n) is 8.02. The SMILES string of the molecule is C[C@]12CCCC[C@H]1[C@H]2C(=O)N/N=C\c1cc2c(cc1Cl)OCO2. The van der Waals surface area contributed by atoms with Crippen molar-refractivity contribution in [2.75, 3.05) is 6.79 Å². The Kier molecular flexibility index (Phi) is 3.48. The van der Waals surface area contributed by atoms with Crippen LogP contribution in [0.25, 0.3) is 0 Å². The van der Waals surface area contributed by atoms with Crippen LogP contribution >= 0.6 is 11.6 Å². The molecule has 0 bridgehead atoms. The van der Waals surface area contributed by atoms with Gasteiger partial charge >= 0.3 is 0 Å². The molecule has 2 aliphatic carbocycles. The van der Waals surface area contributed by atoms with Gasteiger partial charge in [-0.3, -0.25) is 4.79 Å². The quantitative estimate of drug-likeness (QED) is 0.681. The third-order valence-corrected chi connectivity index (χ3v) is 5.81. The van der Waals surface area contributed by atoms with E-state index >= 15 is 0 Å². The Balaban J connectivity index is 1.41. The minimum atomic E-state index is 0.0208. The molecule has 1 aromatic rings. The van der Waals surface area contributed by atoms with Crippen molar-refractivity contribution < 1.29 is 14.3 Å². The van der Waals surface area contributed by atoms with E-state index in [4.69, 9.17) is 21.1 Å². The molecule has 1 amide bonds. The number of halogens is 1. The zero-order valence-electron chi connectivity index (χ0n) is 13.0. The van der Waals surface area contributed by atoms with Crippen LogP contribution in [0.3, 0.4) is 0 Å². The summed E-state index contributed by atoms with van der Waals surface area (Å²) in [5.74, 6) is 1.93. The van der Waals surface area contributed by atoms with Crippen molar-refractivity contribution in [3.63, 3.8) is 0 Å². The topological polar surface area (TPSA) is 59.9 Å². The highest BCUT2D eigenvalue weighted by atomic mass is 35.5. The molecule has 3 atom stereocenters.